The molecule has 3 rings (SSSR count). The molecule has 1 N–H and O–H groups in total. The molecule has 2 heterocycles. The summed E-state index contributed by atoms with van der Waals surface area (Å²) in [6, 6.07) is 6.65. The first-order valence-electron chi connectivity index (χ1n) is 9.26. The van der Waals surface area contributed by atoms with Crippen LogP contribution in [0, 0.1) is 12.7 Å². The maximum absolute atomic E-state index is 13.9. The summed E-state index contributed by atoms with van der Waals surface area (Å²) in [4.78, 5) is 19.0. The Morgan fingerprint density at radius 2 is 2.04 bits per heavy atom. The number of nitrogens with one attached hydrogen (secondary N) is 1. The molecule has 1 amide bonds. The van der Waals surface area contributed by atoms with E-state index in [0.717, 1.165) is 13.1 Å². The maximum atomic E-state index is 13.9. The van der Waals surface area contributed by atoms with Gasteiger partial charge in [-0.1, -0.05) is 18.6 Å². The summed E-state index contributed by atoms with van der Waals surface area (Å²) in [6.45, 7) is 6.71. The normalized spacial score (nSPS) is 16.4. The Balaban J connectivity index is 1.57. The minimum Gasteiger partial charge on any atom is -0.441 e. The molecule has 1 unspecified atom stereocenters. The molecule has 1 aromatic heterocycles. The van der Waals surface area contributed by atoms with Crippen molar-refractivity contribution in [2.45, 2.75) is 45.6 Å². The third-order valence-electron chi connectivity index (χ3n) is 4.93. The molecular formula is C20H26FN3O2. The van der Waals surface area contributed by atoms with Gasteiger partial charge in [0, 0.05) is 12.6 Å². The Bertz CT molecular complexity index is 753. The second-order valence-electron chi connectivity index (χ2n) is 6.93. The molecule has 5 nitrogen and oxygen atoms in total. The van der Waals surface area contributed by atoms with Gasteiger partial charge in [-0.25, -0.2) is 9.37 Å². The van der Waals surface area contributed by atoms with Crippen LogP contribution in [0.2, 0.25) is 0 Å². The van der Waals surface area contributed by atoms with Crippen LogP contribution in [0.1, 0.15) is 37.6 Å². The lowest BCUT2D eigenvalue weighted by Crippen LogP contribution is -2.44. The van der Waals surface area contributed by atoms with Gasteiger partial charge in [0.05, 0.1) is 17.7 Å². The summed E-state index contributed by atoms with van der Waals surface area (Å²) in [5.41, 5.74) is 0.854. The second kappa shape index (κ2) is 8.45. The van der Waals surface area contributed by atoms with Crippen molar-refractivity contribution in [2.24, 2.45) is 0 Å². The van der Waals surface area contributed by atoms with Crippen LogP contribution in [0.25, 0.3) is 11.5 Å². The summed E-state index contributed by atoms with van der Waals surface area (Å²) < 4.78 is 19.4. The van der Waals surface area contributed by atoms with E-state index in [1.807, 2.05) is 0 Å². The molecule has 26 heavy (non-hydrogen) atoms. The number of carbonyl (C=O) groups is 1. The predicted octanol–water partition coefficient (Wildman–Crippen LogP) is 3.32. The van der Waals surface area contributed by atoms with Gasteiger partial charge in [-0.3, -0.25) is 9.69 Å². The number of likely N-dealkylation sites (tertiary alicyclic amines) is 1. The molecule has 0 radical (unpaired) electrons. The van der Waals surface area contributed by atoms with E-state index in [-0.39, 0.29) is 24.0 Å². The van der Waals surface area contributed by atoms with Crippen molar-refractivity contribution < 1.29 is 13.6 Å². The molecule has 0 spiro atoms. The molecule has 1 fully saturated rings. The van der Waals surface area contributed by atoms with Crippen molar-refractivity contribution >= 4 is 5.91 Å². The molecule has 1 aliphatic heterocycles. The highest BCUT2D eigenvalue weighted by atomic mass is 19.1. The van der Waals surface area contributed by atoms with E-state index in [1.54, 1.807) is 25.1 Å². The Labute approximate surface area is 153 Å². The SMILES string of the molecule is Cc1oc(-c2ccccc2F)nc1CC(=O)NCC(C)N1CCCCC1. The first-order chi connectivity index (χ1) is 12.5. The van der Waals surface area contributed by atoms with Gasteiger partial charge in [0.15, 0.2) is 0 Å². The standard InChI is InChI=1S/C20H26FN3O2/c1-14(24-10-6-3-7-11-24)13-22-19(25)12-18-15(2)26-20(23-18)16-8-4-5-9-17(16)21/h4-5,8-9,14H,3,6-7,10-13H2,1-2H3,(H,22,25). The van der Waals surface area contributed by atoms with E-state index in [4.69, 9.17) is 4.42 Å². The number of rotatable bonds is 6. The summed E-state index contributed by atoms with van der Waals surface area (Å²) in [5, 5.41) is 2.98. The quantitative estimate of drug-likeness (QED) is 0.860. The number of amides is 1. The molecular weight excluding hydrogens is 333 g/mol. The predicted molar refractivity (Wildman–Crippen MR) is 98.2 cm³/mol. The van der Waals surface area contributed by atoms with Crippen LogP contribution >= 0.6 is 0 Å². The maximum Gasteiger partial charge on any atom is 0.229 e. The highest BCUT2D eigenvalue weighted by Crippen LogP contribution is 2.24. The lowest BCUT2D eigenvalue weighted by molar-refractivity contribution is -0.120. The van der Waals surface area contributed by atoms with Gasteiger partial charge in [-0.05, 0) is 51.9 Å². The van der Waals surface area contributed by atoms with E-state index in [1.165, 1.54) is 25.3 Å². The van der Waals surface area contributed by atoms with E-state index in [9.17, 15) is 9.18 Å². The Hall–Kier alpha value is -2.21. The number of benzene rings is 1. The van der Waals surface area contributed by atoms with Crippen molar-refractivity contribution in [1.29, 1.82) is 0 Å². The molecule has 1 atom stereocenters. The van der Waals surface area contributed by atoms with Gasteiger partial charge in [-0.2, -0.15) is 0 Å². The fourth-order valence-corrected chi connectivity index (χ4v) is 3.31. The molecule has 0 saturated carbocycles. The van der Waals surface area contributed by atoms with Crippen LogP contribution in [0.3, 0.4) is 0 Å². The van der Waals surface area contributed by atoms with Crippen molar-refractivity contribution in [1.82, 2.24) is 15.2 Å². The van der Waals surface area contributed by atoms with Crippen molar-refractivity contribution in [3.63, 3.8) is 0 Å². The van der Waals surface area contributed by atoms with E-state index in [0.29, 0.717) is 29.6 Å². The minimum absolute atomic E-state index is 0.0923. The number of nitrogens with zero attached hydrogens (tertiary/aromatic N) is 2. The van der Waals surface area contributed by atoms with Crippen LogP contribution in [0.15, 0.2) is 28.7 Å². The molecule has 2 aromatic rings. The van der Waals surface area contributed by atoms with Crippen LogP contribution in [-0.2, 0) is 11.2 Å². The summed E-state index contributed by atoms with van der Waals surface area (Å²) in [5.74, 6) is 0.276. The number of aromatic nitrogens is 1. The number of hydrogen-bond acceptors (Lipinski definition) is 4. The number of oxazole rings is 1. The molecule has 140 valence electrons. The third-order valence-corrected chi connectivity index (χ3v) is 4.93. The molecule has 1 aliphatic rings. The largest absolute Gasteiger partial charge is 0.441 e. The number of piperidine rings is 1. The van der Waals surface area contributed by atoms with Crippen molar-refractivity contribution in [2.75, 3.05) is 19.6 Å². The molecule has 0 aliphatic carbocycles. The highest BCUT2D eigenvalue weighted by Gasteiger charge is 2.19. The number of aryl methyl sites for hydroxylation is 1. The van der Waals surface area contributed by atoms with Crippen LogP contribution < -0.4 is 5.32 Å². The zero-order chi connectivity index (χ0) is 18.5. The average molecular weight is 359 g/mol. The lowest BCUT2D eigenvalue weighted by atomic mass is 10.1. The summed E-state index contributed by atoms with van der Waals surface area (Å²) in [7, 11) is 0. The zero-order valence-electron chi connectivity index (χ0n) is 15.4. The fraction of sp³-hybridized carbons (Fsp3) is 0.500. The van der Waals surface area contributed by atoms with Crippen LogP contribution in [0.5, 0.6) is 0 Å². The van der Waals surface area contributed by atoms with Crippen molar-refractivity contribution in [3.05, 3.63) is 41.5 Å². The van der Waals surface area contributed by atoms with Gasteiger partial charge in [0.2, 0.25) is 11.8 Å². The average Bonchev–Trinajstić information content (AvgIpc) is 3.01. The Morgan fingerprint density at radius 1 is 1.31 bits per heavy atom. The van der Waals surface area contributed by atoms with E-state index in [2.05, 4.69) is 22.1 Å². The van der Waals surface area contributed by atoms with Crippen LogP contribution in [0.4, 0.5) is 4.39 Å². The number of hydrogen-bond donors (Lipinski definition) is 1. The van der Waals surface area contributed by atoms with Gasteiger partial charge < -0.3 is 9.73 Å². The molecule has 0 bridgehead atoms. The number of carbonyl (C=O) groups excluding carboxylic acids is 1. The summed E-state index contributed by atoms with van der Waals surface area (Å²) in [6.07, 6.45) is 3.90. The van der Waals surface area contributed by atoms with Gasteiger partial charge in [-0.15, -0.1) is 0 Å². The monoisotopic (exact) mass is 359 g/mol. The summed E-state index contributed by atoms with van der Waals surface area (Å²) >= 11 is 0. The molecule has 1 aromatic carbocycles. The highest BCUT2D eigenvalue weighted by molar-refractivity contribution is 5.78. The van der Waals surface area contributed by atoms with Gasteiger partial charge >= 0.3 is 0 Å². The molecule has 6 heteroatoms. The molecule has 1 saturated heterocycles. The third kappa shape index (κ3) is 4.49. The van der Waals surface area contributed by atoms with Gasteiger partial charge in [0.1, 0.15) is 11.6 Å². The Morgan fingerprint density at radius 3 is 2.77 bits per heavy atom. The van der Waals surface area contributed by atoms with Crippen LogP contribution in [-0.4, -0.2) is 41.5 Å². The van der Waals surface area contributed by atoms with E-state index < -0.39 is 0 Å². The first-order valence-corrected chi connectivity index (χ1v) is 9.26. The minimum atomic E-state index is -0.389. The second-order valence-corrected chi connectivity index (χ2v) is 6.93. The van der Waals surface area contributed by atoms with E-state index >= 15 is 0 Å². The Kier molecular flexibility index (Phi) is 6.04. The first kappa shape index (κ1) is 18.6. The lowest BCUT2D eigenvalue weighted by Gasteiger charge is -2.32. The zero-order valence-corrected chi connectivity index (χ0v) is 15.4. The fourth-order valence-electron chi connectivity index (χ4n) is 3.31. The topological polar surface area (TPSA) is 58.4 Å². The van der Waals surface area contributed by atoms with Gasteiger partial charge in [0.25, 0.3) is 0 Å². The smallest absolute Gasteiger partial charge is 0.229 e. The number of halogens is 1. The van der Waals surface area contributed by atoms with Crippen molar-refractivity contribution in [3.8, 4) is 11.5 Å².